The van der Waals surface area contributed by atoms with Crippen LogP contribution in [0.25, 0.3) is 0 Å². The molecule has 0 aromatic heterocycles. The van der Waals surface area contributed by atoms with Gasteiger partial charge in [0.2, 0.25) is 5.91 Å². The summed E-state index contributed by atoms with van der Waals surface area (Å²) in [5.41, 5.74) is 0.697. The zero-order valence-corrected chi connectivity index (χ0v) is 14.2. The lowest BCUT2D eigenvalue weighted by atomic mass is 10.1. The Morgan fingerprint density at radius 3 is 2.52 bits per heavy atom. The number of ketones is 1. The molecule has 0 bridgehead atoms. The lowest BCUT2D eigenvalue weighted by Gasteiger charge is -2.14. The number of anilines is 2. The number of ether oxygens (including phenoxy) is 1. The molecule has 2 aromatic carbocycles. The van der Waals surface area contributed by atoms with Crippen LogP contribution >= 0.6 is 0 Å². The third-order valence-corrected chi connectivity index (χ3v) is 3.33. The van der Waals surface area contributed by atoms with E-state index < -0.39 is 24.5 Å². The number of carbonyl (C=O) groups is 2. The van der Waals surface area contributed by atoms with Crippen LogP contribution in [0.3, 0.4) is 0 Å². The number of hydrogen-bond donors (Lipinski definition) is 2. The topological polar surface area (TPSA) is 67.4 Å². The van der Waals surface area contributed by atoms with E-state index in [0.29, 0.717) is 11.3 Å². The molecule has 0 aliphatic carbocycles. The molecule has 0 radical (unpaired) electrons. The van der Waals surface area contributed by atoms with E-state index in [2.05, 4.69) is 15.4 Å². The minimum Gasteiger partial charge on any atom is -0.482 e. The Hall–Kier alpha value is -3.10. The average Bonchev–Trinajstić information content (AvgIpc) is 2.58. The molecule has 0 aliphatic rings. The van der Waals surface area contributed by atoms with Gasteiger partial charge in [-0.2, -0.15) is 13.2 Å². The molecule has 0 fully saturated rings. The standard InChI is InChI=1S/C18H16F4N2O3/c1-11(25)12-3-2-4-14(7-12)24-17(26)9-23-15-8-13(19)5-6-16(15)27-10-18(20,21)22/h2-8,23H,9-10H2,1H3,(H,24,26). The first-order valence-corrected chi connectivity index (χ1v) is 7.78. The highest BCUT2D eigenvalue weighted by molar-refractivity contribution is 5.98. The largest absolute Gasteiger partial charge is 0.482 e. The van der Waals surface area contributed by atoms with E-state index >= 15 is 0 Å². The van der Waals surface area contributed by atoms with E-state index in [-0.39, 0.29) is 23.8 Å². The Balaban J connectivity index is 2.01. The van der Waals surface area contributed by atoms with Crippen LogP contribution in [0.1, 0.15) is 17.3 Å². The summed E-state index contributed by atoms with van der Waals surface area (Å²) in [6.45, 7) is -0.512. The van der Waals surface area contributed by atoms with Gasteiger partial charge in [-0.15, -0.1) is 0 Å². The summed E-state index contributed by atoms with van der Waals surface area (Å²) in [5, 5.41) is 5.07. The van der Waals surface area contributed by atoms with Crippen LogP contribution in [-0.2, 0) is 4.79 Å². The Bertz CT molecular complexity index is 838. The highest BCUT2D eigenvalue weighted by atomic mass is 19.4. The Kier molecular flexibility index (Phi) is 6.38. The van der Waals surface area contributed by atoms with Crippen molar-refractivity contribution in [3.8, 4) is 5.75 Å². The maximum atomic E-state index is 13.4. The first kappa shape index (κ1) is 20.2. The van der Waals surface area contributed by atoms with Gasteiger partial charge in [0, 0.05) is 17.3 Å². The lowest BCUT2D eigenvalue weighted by Crippen LogP contribution is -2.23. The minimum atomic E-state index is -4.55. The Labute approximate surface area is 152 Å². The zero-order valence-electron chi connectivity index (χ0n) is 14.2. The molecule has 2 rings (SSSR count). The van der Waals surface area contributed by atoms with Crippen LogP contribution in [-0.4, -0.2) is 31.0 Å². The van der Waals surface area contributed by atoms with Crippen LogP contribution in [0.2, 0.25) is 0 Å². The summed E-state index contributed by atoms with van der Waals surface area (Å²) >= 11 is 0. The van der Waals surface area contributed by atoms with Crippen LogP contribution in [0, 0.1) is 5.82 Å². The van der Waals surface area contributed by atoms with Gasteiger partial charge in [0.05, 0.1) is 12.2 Å². The summed E-state index contributed by atoms with van der Waals surface area (Å²) < 4.78 is 54.9. The molecule has 0 unspecified atom stereocenters. The molecular weight excluding hydrogens is 368 g/mol. The van der Waals surface area contributed by atoms with Gasteiger partial charge in [0.1, 0.15) is 11.6 Å². The van der Waals surface area contributed by atoms with Crippen molar-refractivity contribution in [2.45, 2.75) is 13.1 Å². The highest BCUT2D eigenvalue weighted by Crippen LogP contribution is 2.27. The number of carbonyl (C=O) groups excluding carboxylic acids is 2. The van der Waals surface area contributed by atoms with Gasteiger partial charge < -0.3 is 15.4 Å². The van der Waals surface area contributed by atoms with Gasteiger partial charge in [-0.25, -0.2) is 4.39 Å². The van der Waals surface area contributed by atoms with Gasteiger partial charge in [0.15, 0.2) is 12.4 Å². The maximum absolute atomic E-state index is 13.4. The molecule has 9 heteroatoms. The quantitative estimate of drug-likeness (QED) is 0.559. The van der Waals surface area contributed by atoms with Gasteiger partial charge in [-0.1, -0.05) is 12.1 Å². The molecule has 0 saturated heterocycles. The van der Waals surface area contributed by atoms with E-state index in [4.69, 9.17) is 0 Å². The highest BCUT2D eigenvalue weighted by Gasteiger charge is 2.29. The van der Waals surface area contributed by atoms with E-state index in [1.807, 2.05) is 0 Å². The summed E-state index contributed by atoms with van der Waals surface area (Å²) in [4.78, 5) is 23.3. The summed E-state index contributed by atoms with van der Waals surface area (Å²) in [7, 11) is 0. The number of benzene rings is 2. The van der Waals surface area contributed by atoms with E-state index in [9.17, 15) is 27.2 Å². The summed E-state index contributed by atoms with van der Waals surface area (Å²) in [6, 6.07) is 9.16. The van der Waals surface area contributed by atoms with E-state index in [0.717, 1.165) is 18.2 Å². The van der Waals surface area contributed by atoms with Crippen molar-refractivity contribution in [1.29, 1.82) is 0 Å². The molecule has 5 nitrogen and oxygen atoms in total. The summed E-state index contributed by atoms with van der Waals surface area (Å²) in [5.74, 6) is -1.65. The second-order valence-corrected chi connectivity index (χ2v) is 5.58. The van der Waals surface area contributed by atoms with Crippen molar-refractivity contribution in [2.75, 3.05) is 23.8 Å². The fourth-order valence-electron chi connectivity index (χ4n) is 2.12. The van der Waals surface area contributed by atoms with Gasteiger partial charge in [-0.3, -0.25) is 9.59 Å². The number of rotatable bonds is 7. The van der Waals surface area contributed by atoms with Crippen molar-refractivity contribution >= 4 is 23.1 Å². The third-order valence-electron chi connectivity index (χ3n) is 3.33. The molecule has 144 valence electrons. The van der Waals surface area contributed by atoms with Crippen LogP contribution in [0.15, 0.2) is 42.5 Å². The van der Waals surface area contributed by atoms with Gasteiger partial charge in [-0.05, 0) is 31.2 Å². The Morgan fingerprint density at radius 2 is 1.85 bits per heavy atom. The number of amides is 1. The number of Topliss-reactive ketones (excluding diaryl/α,β-unsaturated/α-hetero) is 1. The summed E-state index contributed by atoms with van der Waals surface area (Å²) in [6.07, 6.45) is -4.55. The molecule has 2 aromatic rings. The van der Waals surface area contributed by atoms with Gasteiger partial charge >= 0.3 is 6.18 Å². The van der Waals surface area contributed by atoms with Crippen LogP contribution in [0.5, 0.6) is 5.75 Å². The number of alkyl halides is 3. The smallest absolute Gasteiger partial charge is 0.422 e. The van der Waals surface area contributed by atoms with E-state index in [1.165, 1.54) is 13.0 Å². The minimum absolute atomic E-state index is 0.0908. The molecule has 2 N–H and O–H groups in total. The normalized spacial score (nSPS) is 11.0. The third kappa shape index (κ3) is 6.61. The molecule has 0 atom stereocenters. The van der Waals surface area contributed by atoms with Crippen molar-refractivity contribution < 1.29 is 31.9 Å². The predicted molar refractivity (Wildman–Crippen MR) is 91.5 cm³/mol. The fraction of sp³-hybridized carbons (Fsp3) is 0.222. The lowest BCUT2D eigenvalue weighted by molar-refractivity contribution is -0.153. The molecule has 0 saturated carbocycles. The van der Waals surface area contributed by atoms with Crippen molar-refractivity contribution in [2.24, 2.45) is 0 Å². The second-order valence-electron chi connectivity index (χ2n) is 5.58. The molecule has 0 spiro atoms. The van der Waals surface area contributed by atoms with Crippen molar-refractivity contribution in [3.05, 3.63) is 53.8 Å². The van der Waals surface area contributed by atoms with Crippen molar-refractivity contribution in [1.82, 2.24) is 0 Å². The average molecular weight is 384 g/mol. The second kappa shape index (κ2) is 8.52. The maximum Gasteiger partial charge on any atom is 0.422 e. The van der Waals surface area contributed by atoms with Crippen LogP contribution < -0.4 is 15.4 Å². The number of nitrogens with one attached hydrogen (secondary N) is 2. The first-order chi connectivity index (χ1) is 12.6. The molecule has 1 amide bonds. The Morgan fingerprint density at radius 1 is 1.11 bits per heavy atom. The van der Waals surface area contributed by atoms with Gasteiger partial charge in [0.25, 0.3) is 0 Å². The van der Waals surface area contributed by atoms with E-state index in [1.54, 1.807) is 18.2 Å². The molecule has 0 aliphatic heterocycles. The molecule has 27 heavy (non-hydrogen) atoms. The predicted octanol–water partition coefficient (Wildman–Crippen LogP) is 4.02. The van der Waals surface area contributed by atoms with Crippen molar-refractivity contribution in [3.63, 3.8) is 0 Å². The first-order valence-electron chi connectivity index (χ1n) is 7.78. The number of halogens is 4. The fourth-order valence-corrected chi connectivity index (χ4v) is 2.12. The zero-order chi connectivity index (χ0) is 20.0. The molecular formula is C18H16F4N2O3. The SMILES string of the molecule is CC(=O)c1cccc(NC(=O)CNc2cc(F)ccc2OCC(F)(F)F)c1. The van der Waals surface area contributed by atoms with Crippen LogP contribution in [0.4, 0.5) is 28.9 Å². The molecule has 0 heterocycles. The monoisotopic (exact) mass is 384 g/mol. The number of hydrogen-bond acceptors (Lipinski definition) is 4.